The minimum absolute atomic E-state index is 0.325. The molecule has 0 amide bonds. The first-order chi connectivity index (χ1) is 8.29. The van der Waals surface area contributed by atoms with E-state index in [1.165, 1.54) is 25.9 Å². The van der Waals surface area contributed by atoms with E-state index in [9.17, 15) is 5.11 Å². The van der Waals surface area contributed by atoms with Crippen LogP contribution in [-0.2, 0) is 0 Å². The van der Waals surface area contributed by atoms with E-state index in [1.54, 1.807) is 12.4 Å². The van der Waals surface area contributed by atoms with Crippen molar-refractivity contribution in [3.8, 4) is 0 Å². The monoisotopic (exact) mass is 232 g/mol. The van der Waals surface area contributed by atoms with Crippen LogP contribution in [0.3, 0.4) is 0 Å². The van der Waals surface area contributed by atoms with Crippen LogP contribution in [0.4, 0.5) is 0 Å². The van der Waals surface area contributed by atoms with Gasteiger partial charge in [0.2, 0.25) is 0 Å². The second kappa shape index (κ2) is 4.39. The van der Waals surface area contributed by atoms with E-state index < -0.39 is 0 Å². The van der Waals surface area contributed by atoms with Gasteiger partial charge in [0.1, 0.15) is 0 Å². The van der Waals surface area contributed by atoms with Crippen molar-refractivity contribution in [2.45, 2.75) is 31.8 Å². The van der Waals surface area contributed by atoms with Gasteiger partial charge in [-0.15, -0.1) is 0 Å². The van der Waals surface area contributed by atoms with Gasteiger partial charge in [-0.1, -0.05) is 6.07 Å². The van der Waals surface area contributed by atoms with E-state index in [2.05, 4.69) is 10.3 Å². The largest absolute Gasteiger partial charge is 0.388 e. The maximum absolute atomic E-state index is 10.4. The Morgan fingerprint density at radius 1 is 1.35 bits per heavy atom. The molecule has 0 aromatic carbocycles. The molecule has 3 rings (SSSR count). The van der Waals surface area contributed by atoms with Gasteiger partial charge in [-0.2, -0.15) is 0 Å². The number of nitrogens with zero attached hydrogens (tertiary/aromatic N) is 1. The zero-order valence-electron chi connectivity index (χ0n) is 10.1. The third-order valence-electron chi connectivity index (χ3n) is 4.56. The van der Waals surface area contributed by atoms with Gasteiger partial charge in [-0.3, -0.25) is 4.98 Å². The Labute approximate surface area is 102 Å². The highest BCUT2D eigenvalue weighted by Gasteiger charge is 2.41. The molecule has 1 aliphatic carbocycles. The summed E-state index contributed by atoms with van der Waals surface area (Å²) in [6, 6.07) is 3.88. The zero-order valence-corrected chi connectivity index (χ0v) is 10.1. The van der Waals surface area contributed by atoms with E-state index in [0.717, 1.165) is 18.4 Å². The van der Waals surface area contributed by atoms with Gasteiger partial charge < -0.3 is 10.4 Å². The molecular weight excluding hydrogens is 212 g/mol. The van der Waals surface area contributed by atoms with Crippen molar-refractivity contribution < 1.29 is 5.11 Å². The lowest BCUT2D eigenvalue weighted by molar-refractivity contribution is 0.0218. The van der Waals surface area contributed by atoms with Crippen LogP contribution in [0, 0.1) is 11.3 Å². The lowest BCUT2D eigenvalue weighted by Crippen LogP contribution is -2.55. The van der Waals surface area contributed by atoms with Crippen molar-refractivity contribution in [3.63, 3.8) is 0 Å². The molecule has 2 fully saturated rings. The first-order valence-corrected chi connectivity index (χ1v) is 6.58. The highest BCUT2D eigenvalue weighted by Crippen LogP contribution is 2.45. The van der Waals surface area contributed by atoms with Gasteiger partial charge in [0.15, 0.2) is 0 Å². The van der Waals surface area contributed by atoms with Crippen LogP contribution in [0.2, 0.25) is 0 Å². The molecule has 1 spiro atoms. The number of rotatable bonds is 2. The molecule has 92 valence electrons. The summed E-state index contributed by atoms with van der Waals surface area (Å²) in [7, 11) is 0. The molecule has 2 N–H and O–H groups in total. The Balaban J connectivity index is 1.63. The zero-order chi connectivity index (χ0) is 11.7. The van der Waals surface area contributed by atoms with Gasteiger partial charge in [0.05, 0.1) is 6.10 Å². The lowest BCUT2D eigenvalue weighted by Gasteiger charge is -2.48. The van der Waals surface area contributed by atoms with Crippen molar-refractivity contribution in [3.05, 3.63) is 30.1 Å². The lowest BCUT2D eigenvalue weighted by atomic mass is 9.65. The minimum atomic E-state index is -0.325. The highest BCUT2D eigenvalue weighted by atomic mass is 16.3. The standard InChI is InChI=1S/C14H20N2O/c17-13(12-2-1-7-15-8-12)11-3-5-14(6-4-11)9-16-10-14/h1-2,7-8,11,13,16-17H,3-6,9-10H2. The molecule has 3 nitrogen and oxygen atoms in total. The first kappa shape index (κ1) is 11.2. The average molecular weight is 232 g/mol. The summed E-state index contributed by atoms with van der Waals surface area (Å²) in [5.74, 6) is 0.422. The Bertz CT molecular complexity index is 365. The fourth-order valence-electron chi connectivity index (χ4n) is 3.22. The number of hydrogen-bond acceptors (Lipinski definition) is 3. The normalized spacial score (nSPS) is 25.5. The predicted octanol–water partition coefficient (Wildman–Crippen LogP) is 1.89. The summed E-state index contributed by atoms with van der Waals surface area (Å²) in [5.41, 5.74) is 1.55. The quantitative estimate of drug-likeness (QED) is 0.818. The summed E-state index contributed by atoms with van der Waals surface area (Å²) >= 11 is 0. The molecule has 1 aliphatic heterocycles. The summed E-state index contributed by atoms with van der Waals surface area (Å²) in [6.07, 6.45) is 8.06. The van der Waals surface area contributed by atoms with Gasteiger partial charge in [0, 0.05) is 25.5 Å². The molecule has 1 aromatic rings. The molecule has 0 bridgehead atoms. The molecular formula is C14H20N2O. The highest BCUT2D eigenvalue weighted by molar-refractivity contribution is 5.13. The van der Waals surface area contributed by atoms with Crippen LogP contribution in [0.25, 0.3) is 0 Å². The summed E-state index contributed by atoms with van der Waals surface area (Å²) in [5, 5.41) is 13.7. The summed E-state index contributed by atoms with van der Waals surface area (Å²) < 4.78 is 0. The summed E-state index contributed by atoms with van der Waals surface area (Å²) in [4.78, 5) is 4.09. The van der Waals surface area contributed by atoms with E-state index >= 15 is 0 Å². The van der Waals surface area contributed by atoms with Gasteiger partial charge in [0.25, 0.3) is 0 Å². The Hall–Kier alpha value is -0.930. The SMILES string of the molecule is OC(c1cccnc1)C1CCC2(CC1)CNC2. The minimum Gasteiger partial charge on any atom is -0.388 e. The van der Waals surface area contributed by atoms with Crippen molar-refractivity contribution in [2.24, 2.45) is 11.3 Å². The maximum Gasteiger partial charge on any atom is 0.0833 e. The number of aromatic nitrogens is 1. The van der Waals surface area contributed by atoms with Crippen LogP contribution in [0.15, 0.2) is 24.5 Å². The van der Waals surface area contributed by atoms with Crippen molar-refractivity contribution in [1.29, 1.82) is 0 Å². The Morgan fingerprint density at radius 3 is 2.65 bits per heavy atom. The second-order valence-electron chi connectivity index (χ2n) is 5.67. The van der Waals surface area contributed by atoms with Gasteiger partial charge in [-0.25, -0.2) is 0 Å². The van der Waals surface area contributed by atoms with Crippen LogP contribution in [0.5, 0.6) is 0 Å². The maximum atomic E-state index is 10.4. The number of nitrogens with one attached hydrogen (secondary N) is 1. The fraction of sp³-hybridized carbons (Fsp3) is 0.643. The Kier molecular flexibility index (Phi) is 2.89. The molecule has 2 heterocycles. The first-order valence-electron chi connectivity index (χ1n) is 6.58. The van der Waals surface area contributed by atoms with Crippen molar-refractivity contribution in [1.82, 2.24) is 10.3 Å². The van der Waals surface area contributed by atoms with Crippen LogP contribution in [-0.4, -0.2) is 23.2 Å². The van der Waals surface area contributed by atoms with Crippen molar-refractivity contribution >= 4 is 0 Å². The third kappa shape index (κ3) is 2.09. The van der Waals surface area contributed by atoms with E-state index in [-0.39, 0.29) is 6.10 Å². The fourth-order valence-corrected chi connectivity index (χ4v) is 3.22. The Morgan fingerprint density at radius 2 is 2.12 bits per heavy atom. The van der Waals surface area contributed by atoms with E-state index in [1.807, 2.05) is 12.1 Å². The van der Waals surface area contributed by atoms with Gasteiger partial charge in [-0.05, 0) is 48.6 Å². The average Bonchev–Trinajstić information content (AvgIpc) is 2.37. The molecule has 3 heteroatoms. The van der Waals surface area contributed by atoms with Crippen LogP contribution < -0.4 is 5.32 Å². The molecule has 17 heavy (non-hydrogen) atoms. The second-order valence-corrected chi connectivity index (χ2v) is 5.67. The molecule has 1 aromatic heterocycles. The summed E-state index contributed by atoms with van der Waals surface area (Å²) in [6.45, 7) is 2.37. The van der Waals surface area contributed by atoms with E-state index in [0.29, 0.717) is 11.3 Å². The van der Waals surface area contributed by atoms with Crippen LogP contribution in [0.1, 0.15) is 37.4 Å². The molecule has 1 saturated carbocycles. The molecule has 2 aliphatic rings. The topological polar surface area (TPSA) is 45.2 Å². The molecule has 1 atom stereocenters. The number of hydrogen-bond donors (Lipinski definition) is 2. The third-order valence-corrected chi connectivity index (χ3v) is 4.56. The molecule has 0 radical (unpaired) electrons. The number of aliphatic hydroxyl groups excluding tert-OH is 1. The van der Waals surface area contributed by atoms with Crippen LogP contribution >= 0.6 is 0 Å². The predicted molar refractivity (Wildman–Crippen MR) is 66.5 cm³/mol. The number of aliphatic hydroxyl groups is 1. The molecule has 1 saturated heterocycles. The van der Waals surface area contributed by atoms with Gasteiger partial charge >= 0.3 is 0 Å². The van der Waals surface area contributed by atoms with E-state index in [4.69, 9.17) is 0 Å². The number of pyridine rings is 1. The molecule has 1 unspecified atom stereocenters. The smallest absolute Gasteiger partial charge is 0.0833 e. The van der Waals surface area contributed by atoms with Crippen molar-refractivity contribution in [2.75, 3.05) is 13.1 Å².